The molecule has 90 valence electrons. The molecule has 2 aromatic heterocycles. The van der Waals surface area contributed by atoms with Crippen molar-refractivity contribution in [3.8, 4) is 0 Å². The van der Waals surface area contributed by atoms with Crippen LogP contribution in [0.25, 0.3) is 21.1 Å². The third kappa shape index (κ3) is 1.55. The van der Waals surface area contributed by atoms with Crippen LogP contribution in [0, 0.1) is 0 Å². The molecule has 18 heavy (non-hydrogen) atoms. The Labute approximate surface area is 111 Å². The fourth-order valence-corrected chi connectivity index (χ4v) is 2.96. The molecular formula is C12H7ClN2O2S. The van der Waals surface area contributed by atoms with Crippen molar-refractivity contribution in [3.05, 3.63) is 34.4 Å². The highest BCUT2D eigenvalue weighted by Gasteiger charge is 2.16. The van der Waals surface area contributed by atoms with Gasteiger partial charge in [0.25, 0.3) is 0 Å². The predicted octanol–water partition coefficient (Wildman–Crippen LogP) is 3.28. The van der Waals surface area contributed by atoms with Gasteiger partial charge in [-0.15, -0.1) is 11.3 Å². The minimum atomic E-state index is -0.423. The number of benzene rings is 1. The third-order valence-electron chi connectivity index (χ3n) is 2.66. The lowest BCUT2D eigenvalue weighted by Gasteiger charge is -2.05. The standard InChI is InChI=1S/C12H7ClN2O2S/c1-17-12(16)7-4-2-3-6-8(7)15-11(13)9-10(6)18-5-14-9/h2-5H,1H3. The molecule has 1 aromatic carbocycles. The van der Waals surface area contributed by atoms with Gasteiger partial charge in [-0.25, -0.2) is 14.8 Å². The molecule has 0 atom stereocenters. The van der Waals surface area contributed by atoms with Crippen molar-refractivity contribution in [1.29, 1.82) is 0 Å². The molecule has 0 unspecified atom stereocenters. The summed E-state index contributed by atoms with van der Waals surface area (Å²) in [4.78, 5) is 20.1. The van der Waals surface area contributed by atoms with E-state index < -0.39 is 5.97 Å². The summed E-state index contributed by atoms with van der Waals surface area (Å²) in [7, 11) is 1.34. The van der Waals surface area contributed by atoms with Gasteiger partial charge in [-0.2, -0.15) is 0 Å². The summed E-state index contributed by atoms with van der Waals surface area (Å²) in [6.45, 7) is 0. The predicted molar refractivity (Wildman–Crippen MR) is 71.3 cm³/mol. The first kappa shape index (κ1) is 11.4. The lowest BCUT2D eigenvalue weighted by Crippen LogP contribution is -2.03. The van der Waals surface area contributed by atoms with Crippen molar-refractivity contribution in [2.24, 2.45) is 0 Å². The number of carbonyl (C=O) groups is 1. The monoisotopic (exact) mass is 278 g/mol. The summed E-state index contributed by atoms with van der Waals surface area (Å²) < 4.78 is 5.67. The fraction of sp³-hybridized carbons (Fsp3) is 0.0833. The first-order valence-electron chi connectivity index (χ1n) is 5.12. The summed E-state index contributed by atoms with van der Waals surface area (Å²) in [5, 5.41) is 1.16. The van der Waals surface area contributed by atoms with Crippen LogP contribution >= 0.6 is 22.9 Å². The third-order valence-corrected chi connectivity index (χ3v) is 3.78. The highest BCUT2D eigenvalue weighted by atomic mass is 35.5. The summed E-state index contributed by atoms with van der Waals surface area (Å²) in [5.74, 6) is -0.423. The van der Waals surface area contributed by atoms with Gasteiger partial charge in [-0.05, 0) is 6.07 Å². The number of halogens is 1. The van der Waals surface area contributed by atoms with E-state index in [1.807, 2.05) is 6.07 Å². The number of hydrogen-bond donors (Lipinski definition) is 0. The molecule has 0 saturated carbocycles. The van der Waals surface area contributed by atoms with Gasteiger partial charge in [0.15, 0.2) is 5.15 Å². The second kappa shape index (κ2) is 4.19. The first-order chi connectivity index (χ1) is 8.72. The van der Waals surface area contributed by atoms with Gasteiger partial charge >= 0.3 is 5.97 Å². The van der Waals surface area contributed by atoms with Crippen LogP contribution in [0.3, 0.4) is 0 Å². The van der Waals surface area contributed by atoms with Gasteiger partial charge in [-0.3, -0.25) is 0 Å². The maximum Gasteiger partial charge on any atom is 0.340 e. The number of carbonyl (C=O) groups excluding carboxylic acids is 1. The molecule has 0 aliphatic carbocycles. The maximum absolute atomic E-state index is 11.7. The molecule has 0 saturated heterocycles. The SMILES string of the molecule is COC(=O)c1cccc2c1nc(Cl)c1ncsc12. The molecule has 3 rings (SSSR count). The van der Waals surface area contributed by atoms with E-state index in [0.717, 1.165) is 10.1 Å². The van der Waals surface area contributed by atoms with Crippen molar-refractivity contribution >= 4 is 50.0 Å². The molecule has 0 amide bonds. The number of fused-ring (bicyclic) bond motifs is 3. The van der Waals surface area contributed by atoms with Crippen LogP contribution in [0.1, 0.15) is 10.4 Å². The minimum absolute atomic E-state index is 0.301. The van der Waals surface area contributed by atoms with Crippen LogP contribution in [0.5, 0.6) is 0 Å². The lowest BCUT2D eigenvalue weighted by atomic mass is 10.1. The Hall–Kier alpha value is -1.72. The van der Waals surface area contributed by atoms with Crippen LogP contribution in [0.2, 0.25) is 5.15 Å². The maximum atomic E-state index is 11.7. The number of hydrogen-bond acceptors (Lipinski definition) is 5. The molecule has 6 heteroatoms. The van der Waals surface area contributed by atoms with Gasteiger partial charge in [-0.1, -0.05) is 23.7 Å². The number of ether oxygens (including phenoxy) is 1. The van der Waals surface area contributed by atoms with Crippen LogP contribution in [0.4, 0.5) is 0 Å². The Balaban J connectivity index is 2.48. The van der Waals surface area contributed by atoms with Gasteiger partial charge in [0.05, 0.1) is 28.4 Å². The van der Waals surface area contributed by atoms with E-state index in [1.54, 1.807) is 17.6 Å². The van der Waals surface area contributed by atoms with Crippen LogP contribution in [-0.2, 0) is 4.74 Å². The van der Waals surface area contributed by atoms with Crippen molar-refractivity contribution < 1.29 is 9.53 Å². The Morgan fingerprint density at radius 1 is 1.39 bits per heavy atom. The quantitative estimate of drug-likeness (QED) is 0.506. The van der Waals surface area contributed by atoms with Crippen molar-refractivity contribution in [1.82, 2.24) is 9.97 Å². The largest absolute Gasteiger partial charge is 0.465 e. The Kier molecular flexibility index (Phi) is 2.65. The zero-order valence-corrected chi connectivity index (χ0v) is 10.9. The zero-order chi connectivity index (χ0) is 12.7. The molecule has 0 spiro atoms. The number of esters is 1. The summed E-state index contributed by atoms with van der Waals surface area (Å²) >= 11 is 7.55. The highest BCUT2D eigenvalue weighted by Crippen LogP contribution is 2.32. The van der Waals surface area contributed by atoms with Crippen LogP contribution in [-0.4, -0.2) is 23.0 Å². The van der Waals surface area contributed by atoms with Gasteiger partial charge in [0, 0.05) is 5.39 Å². The number of thiazole rings is 1. The molecule has 2 heterocycles. The second-order valence-electron chi connectivity index (χ2n) is 3.63. The fourth-order valence-electron chi connectivity index (χ4n) is 1.86. The molecule has 0 N–H and O–H groups in total. The molecule has 0 bridgehead atoms. The number of nitrogens with zero attached hydrogens (tertiary/aromatic N) is 2. The average Bonchev–Trinajstić information content (AvgIpc) is 2.87. The van der Waals surface area contributed by atoms with Crippen molar-refractivity contribution in [2.45, 2.75) is 0 Å². The second-order valence-corrected chi connectivity index (χ2v) is 4.84. The number of rotatable bonds is 1. The molecule has 0 fully saturated rings. The van der Waals surface area contributed by atoms with Gasteiger partial charge in [0.1, 0.15) is 5.52 Å². The molecule has 0 radical (unpaired) electrons. The summed E-state index contributed by atoms with van der Waals surface area (Å²) in [6, 6.07) is 5.36. The molecule has 3 aromatic rings. The topological polar surface area (TPSA) is 52.1 Å². The lowest BCUT2D eigenvalue weighted by molar-refractivity contribution is 0.0603. The van der Waals surface area contributed by atoms with E-state index in [2.05, 4.69) is 9.97 Å². The molecule has 4 nitrogen and oxygen atoms in total. The number of pyridine rings is 1. The van der Waals surface area contributed by atoms with Crippen LogP contribution in [0.15, 0.2) is 23.7 Å². The summed E-state index contributed by atoms with van der Waals surface area (Å²) in [5.41, 5.74) is 3.33. The van der Waals surface area contributed by atoms with E-state index in [9.17, 15) is 4.79 Å². The first-order valence-corrected chi connectivity index (χ1v) is 6.38. The number of aromatic nitrogens is 2. The van der Waals surface area contributed by atoms with E-state index in [0.29, 0.717) is 21.7 Å². The van der Waals surface area contributed by atoms with E-state index >= 15 is 0 Å². The van der Waals surface area contributed by atoms with Crippen molar-refractivity contribution in [2.75, 3.05) is 7.11 Å². The Bertz CT molecular complexity index is 769. The molecular weight excluding hydrogens is 272 g/mol. The Morgan fingerprint density at radius 2 is 2.22 bits per heavy atom. The average molecular weight is 279 g/mol. The highest BCUT2D eigenvalue weighted by molar-refractivity contribution is 7.17. The van der Waals surface area contributed by atoms with E-state index in [1.165, 1.54) is 18.4 Å². The normalized spacial score (nSPS) is 11.0. The number of methoxy groups -OCH3 is 1. The van der Waals surface area contributed by atoms with Gasteiger partial charge < -0.3 is 4.74 Å². The van der Waals surface area contributed by atoms with E-state index in [-0.39, 0.29) is 0 Å². The zero-order valence-electron chi connectivity index (χ0n) is 9.31. The van der Waals surface area contributed by atoms with Crippen LogP contribution < -0.4 is 0 Å². The minimum Gasteiger partial charge on any atom is -0.465 e. The van der Waals surface area contributed by atoms with Gasteiger partial charge in [0.2, 0.25) is 0 Å². The smallest absolute Gasteiger partial charge is 0.340 e. The molecule has 0 aliphatic heterocycles. The van der Waals surface area contributed by atoms with Crippen molar-refractivity contribution in [3.63, 3.8) is 0 Å². The van der Waals surface area contributed by atoms with E-state index in [4.69, 9.17) is 16.3 Å². The molecule has 0 aliphatic rings. The number of para-hydroxylation sites is 1. The summed E-state index contributed by atoms with van der Waals surface area (Å²) in [6.07, 6.45) is 0. The Morgan fingerprint density at radius 3 is 3.00 bits per heavy atom.